The second-order valence-electron chi connectivity index (χ2n) is 5.96. The number of likely N-dealkylation sites (N-methyl/N-ethyl adjacent to an activating group) is 1. The van der Waals surface area contributed by atoms with E-state index in [4.69, 9.17) is 0 Å². The topological polar surface area (TPSA) is 61.0 Å². The van der Waals surface area contributed by atoms with Gasteiger partial charge in [0.25, 0.3) is 5.91 Å². The fourth-order valence-corrected chi connectivity index (χ4v) is 2.48. The van der Waals surface area contributed by atoms with E-state index in [9.17, 15) is 4.79 Å². The Balaban J connectivity index is 1.41. The molecule has 1 fully saturated rings. The van der Waals surface area contributed by atoms with Gasteiger partial charge in [0.2, 0.25) is 0 Å². The SMILES string of the molecule is CN(CCNC(=O)c1cc(C2CC2)[nH]n1)Cc1ccccc1. The summed E-state index contributed by atoms with van der Waals surface area (Å²) in [6.07, 6.45) is 2.40. The van der Waals surface area contributed by atoms with Gasteiger partial charge >= 0.3 is 0 Å². The second kappa shape index (κ2) is 6.75. The monoisotopic (exact) mass is 298 g/mol. The number of carbonyl (C=O) groups is 1. The first-order valence-corrected chi connectivity index (χ1v) is 7.78. The molecule has 0 bridgehead atoms. The van der Waals surface area contributed by atoms with Gasteiger partial charge in [-0.2, -0.15) is 5.10 Å². The lowest BCUT2D eigenvalue weighted by Gasteiger charge is -2.16. The van der Waals surface area contributed by atoms with Crippen molar-refractivity contribution in [2.24, 2.45) is 0 Å². The van der Waals surface area contributed by atoms with E-state index in [1.54, 1.807) is 0 Å². The van der Waals surface area contributed by atoms with Crippen LogP contribution in [0.15, 0.2) is 36.4 Å². The number of H-pyrrole nitrogens is 1. The molecule has 2 N–H and O–H groups in total. The number of rotatable bonds is 7. The summed E-state index contributed by atoms with van der Waals surface area (Å²) in [5.41, 5.74) is 2.86. The summed E-state index contributed by atoms with van der Waals surface area (Å²) in [5, 5.41) is 9.98. The third-order valence-corrected chi connectivity index (χ3v) is 3.92. The first-order chi connectivity index (χ1) is 10.7. The van der Waals surface area contributed by atoms with Crippen molar-refractivity contribution in [1.82, 2.24) is 20.4 Å². The molecule has 0 spiro atoms. The highest BCUT2D eigenvalue weighted by molar-refractivity contribution is 5.92. The van der Waals surface area contributed by atoms with Gasteiger partial charge in [-0.05, 0) is 31.5 Å². The standard InChI is InChI=1S/C17H22N4O/c1-21(12-13-5-3-2-4-6-13)10-9-18-17(22)16-11-15(19-20-16)14-7-8-14/h2-6,11,14H,7-10,12H2,1H3,(H,18,22)(H,19,20). The molecule has 1 aromatic carbocycles. The van der Waals surface area contributed by atoms with Crippen LogP contribution in [0.4, 0.5) is 0 Å². The minimum Gasteiger partial charge on any atom is -0.349 e. The Labute approximate surface area is 130 Å². The largest absolute Gasteiger partial charge is 0.349 e. The van der Waals surface area contributed by atoms with Crippen LogP contribution in [0.2, 0.25) is 0 Å². The molecule has 1 aromatic heterocycles. The first kappa shape index (κ1) is 14.8. The van der Waals surface area contributed by atoms with E-state index in [1.165, 1.54) is 18.4 Å². The average molecular weight is 298 g/mol. The van der Waals surface area contributed by atoms with Crippen molar-refractivity contribution in [3.05, 3.63) is 53.3 Å². The summed E-state index contributed by atoms with van der Waals surface area (Å²) in [7, 11) is 2.05. The smallest absolute Gasteiger partial charge is 0.271 e. The zero-order valence-corrected chi connectivity index (χ0v) is 12.9. The van der Waals surface area contributed by atoms with Crippen molar-refractivity contribution in [3.8, 4) is 0 Å². The normalized spacial score (nSPS) is 14.3. The number of carbonyl (C=O) groups excluding carboxylic acids is 1. The lowest BCUT2D eigenvalue weighted by Crippen LogP contribution is -2.32. The molecule has 22 heavy (non-hydrogen) atoms. The number of hydrogen-bond acceptors (Lipinski definition) is 3. The Morgan fingerprint density at radius 1 is 1.36 bits per heavy atom. The first-order valence-electron chi connectivity index (χ1n) is 7.78. The predicted octanol–water partition coefficient (Wildman–Crippen LogP) is 2.15. The van der Waals surface area contributed by atoms with Crippen LogP contribution in [0.3, 0.4) is 0 Å². The Morgan fingerprint density at radius 2 is 2.14 bits per heavy atom. The molecule has 1 aliphatic rings. The van der Waals surface area contributed by atoms with E-state index < -0.39 is 0 Å². The highest BCUT2D eigenvalue weighted by Gasteiger charge is 2.26. The number of aromatic nitrogens is 2. The van der Waals surface area contributed by atoms with E-state index in [0.29, 0.717) is 18.2 Å². The van der Waals surface area contributed by atoms with Crippen molar-refractivity contribution in [1.29, 1.82) is 0 Å². The number of aromatic amines is 1. The molecule has 0 radical (unpaired) electrons. The van der Waals surface area contributed by atoms with Gasteiger partial charge < -0.3 is 10.2 Å². The Bertz CT molecular complexity index is 619. The molecule has 1 saturated carbocycles. The molecule has 5 heteroatoms. The van der Waals surface area contributed by atoms with E-state index in [-0.39, 0.29) is 5.91 Å². The molecule has 1 aliphatic carbocycles. The fraction of sp³-hybridized carbons (Fsp3) is 0.412. The molecule has 2 aromatic rings. The van der Waals surface area contributed by atoms with Crippen molar-refractivity contribution in [2.45, 2.75) is 25.3 Å². The summed E-state index contributed by atoms with van der Waals surface area (Å²) in [6, 6.07) is 12.2. The van der Waals surface area contributed by atoms with Crippen LogP contribution in [0, 0.1) is 0 Å². The number of hydrogen-bond donors (Lipinski definition) is 2. The minimum atomic E-state index is -0.101. The average Bonchev–Trinajstić information content (AvgIpc) is 3.25. The molecule has 0 unspecified atom stereocenters. The van der Waals surface area contributed by atoms with Crippen molar-refractivity contribution < 1.29 is 4.79 Å². The van der Waals surface area contributed by atoms with E-state index in [2.05, 4.69) is 39.6 Å². The second-order valence-corrected chi connectivity index (χ2v) is 5.96. The van der Waals surface area contributed by atoms with Crippen LogP contribution in [0.25, 0.3) is 0 Å². The van der Waals surface area contributed by atoms with Gasteiger partial charge in [0.1, 0.15) is 5.69 Å². The van der Waals surface area contributed by atoms with Crippen LogP contribution in [0.5, 0.6) is 0 Å². The molecular formula is C17H22N4O. The molecule has 0 atom stereocenters. The molecule has 0 saturated heterocycles. The number of nitrogens with one attached hydrogen (secondary N) is 2. The molecular weight excluding hydrogens is 276 g/mol. The predicted molar refractivity (Wildman–Crippen MR) is 85.7 cm³/mol. The van der Waals surface area contributed by atoms with Crippen LogP contribution < -0.4 is 5.32 Å². The Hall–Kier alpha value is -2.14. The molecule has 3 rings (SSSR count). The molecule has 1 heterocycles. The van der Waals surface area contributed by atoms with Crippen LogP contribution in [-0.2, 0) is 6.54 Å². The van der Waals surface area contributed by atoms with Crippen molar-refractivity contribution >= 4 is 5.91 Å². The van der Waals surface area contributed by atoms with E-state index >= 15 is 0 Å². The van der Waals surface area contributed by atoms with Gasteiger partial charge in [-0.1, -0.05) is 30.3 Å². The lowest BCUT2D eigenvalue weighted by atomic mass is 10.2. The van der Waals surface area contributed by atoms with Crippen LogP contribution in [-0.4, -0.2) is 41.1 Å². The Kier molecular flexibility index (Phi) is 4.53. The molecule has 116 valence electrons. The van der Waals surface area contributed by atoms with Gasteiger partial charge in [0, 0.05) is 31.2 Å². The third kappa shape index (κ3) is 3.95. The van der Waals surface area contributed by atoms with Gasteiger partial charge in [-0.15, -0.1) is 0 Å². The van der Waals surface area contributed by atoms with Gasteiger partial charge in [0.15, 0.2) is 0 Å². The summed E-state index contributed by atoms with van der Waals surface area (Å²) >= 11 is 0. The maximum atomic E-state index is 12.0. The van der Waals surface area contributed by atoms with Crippen molar-refractivity contribution in [3.63, 3.8) is 0 Å². The number of nitrogens with zero attached hydrogens (tertiary/aromatic N) is 2. The summed E-state index contributed by atoms with van der Waals surface area (Å²) in [6.45, 7) is 2.30. The third-order valence-electron chi connectivity index (χ3n) is 3.92. The highest BCUT2D eigenvalue weighted by atomic mass is 16.1. The zero-order chi connectivity index (χ0) is 15.4. The van der Waals surface area contributed by atoms with Crippen LogP contribution in [0.1, 0.15) is 40.5 Å². The van der Waals surface area contributed by atoms with E-state index in [1.807, 2.05) is 24.3 Å². The summed E-state index contributed by atoms with van der Waals surface area (Å²) < 4.78 is 0. The zero-order valence-electron chi connectivity index (χ0n) is 12.9. The molecule has 5 nitrogen and oxygen atoms in total. The molecule has 1 amide bonds. The summed E-state index contributed by atoms with van der Waals surface area (Å²) in [5.74, 6) is 0.488. The van der Waals surface area contributed by atoms with Crippen LogP contribution >= 0.6 is 0 Å². The maximum absolute atomic E-state index is 12.0. The van der Waals surface area contributed by atoms with Gasteiger partial charge in [-0.3, -0.25) is 9.89 Å². The fourth-order valence-electron chi connectivity index (χ4n) is 2.48. The number of amides is 1. The lowest BCUT2D eigenvalue weighted by molar-refractivity contribution is 0.0944. The van der Waals surface area contributed by atoms with Crippen molar-refractivity contribution in [2.75, 3.05) is 20.1 Å². The highest BCUT2D eigenvalue weighted by Crippen LogP contribution is 2.38. The summed E-state index contributed by atoms with van der Waals surface area (Å²) in [4.78, 5) is 14.2. The van der Waals surface area contributed by atoms with Gasteiger partial charge in [-0.25, -0.2) is 0 Å². The maximum Gasteiger partial charge on any atom is 0.271 e. The minimum absolute atomic E-state index is 0.101. The van der Waals surface area contributed by atoms with Gasteiger partial charge in [0.05, 0.1) is 0 Å². The van der Waals surface area contributed by atoms with E-state index in [0.717, 1.165) is 18.8 Å². The number of benzene rings is 1. The Morgan fingerprint density at radius 3 is 2.86 bits per heavy atom. The quantitative estimate of drug-likeness (QED) is 0.823. The molecule has 0 aliphatic heterocycles.